The third-order valence-corrected chi connectivity index (χ3v) is 3.66. The van der Waals surface area contributed by atoms with Crippen LogP contribution in [0.15, 0.2) is 18.2 Å². The van der Waals surface area contributed by atoms with E-state index in [9.17, 15) is 8.42 Å². The van der Waals surface area contributed by atoms with Gasteiger partial charge in [0, 0.05) is 0 Å². The topological polar surface area (TPSA) is 72.2 Å². The molecule has 1 aromatic carbocycles. The minimum absolute atomic E-state index is 0.0866. The number of hydrogen-bond donors (Lipinski definition) is 2. The Morgan fingerprint density at radius 2 is 2.00 bits per heavy atom. The van der Waals surface area contributed by atoms with Crippen molar-refractivity contribution in [2.45, 2.75) is 20.8 Å². The molecule has 16 heavy (non-hydrogen) atoms. The molecule has 5 heteroatoms. The van der Waals surface area contributed by atoms with Gasteiger partial charge in [-0.1, -0.05) is 19.9 Å². The van der Waals surface area contributed by atoms with Gasteiger partial charge < -0.3 is 5.73 Å². The monoisotopic (exact) mass is 242 g/mol. The highest BCUT2D eigenvalue weighted by Crippen LogP contribution is 2.21. The number of aryl methyl sites for hydroxylation is 1. The number of nitrogens with two attached hydrogens (primary N) is 1. The van der Waals surface area contributed by atoms with E-state index in [2.05, 4.69) is 4.72 Å². The molecule has 3 N–H and O–H groups in total. The third-order valence-electron chi connectivity index (χ3n) is 2.03. The fourth-order valence-electron chi connectivity index (χ4n) is 1.41. The average molecular weight is 242 g/mol. The molecule has 0 saturated carbocycles. The Labute approximate surface area is 96.9 Å². The molecule has 0 saturated heterocycles. The van der Waals surface area contributed by atoms with Crippen LogP contribution in [0.1, 0.15) is 19.4 Å². The summed E-state index contributed by atoms with van der Waals surface area (Å²) >= 11 is 0. The van der Waals surface area contributed by atoms with Crippen molar-refractivity contribution in [2.75, 3.05) is 16.2 Å². The summed E-state index contributed by atoms with van der Waals surface area (Å²) in [5.74, 6) is 0.184. The van der Waals surface area contributed by atoms with Crippen LogP contribution in [0.5, 0.6) is 0 Å². The molecule has 1 rings (SSSR count). The van der Waals surface area contributed by atoms with Crippen LogP contribution in [-0.4, -0.2) is 14.2 Å². The van der Waals surface area contributed by atoms with E-state index in [0.717, 1.165) is 5.56 Å². The van der Waals surface area contributed by atoms with Crippen molar-refractivity contribution in [3.63, 3.8) is 0 Å². The van der Waals surface area contributed by atoms with E-state index in [1.165, 1.54) is 0 Å². The summed E-state index contributed by atoms with van der Waals surface area (Å²) in [4.78, 5) is 0. The Hall–Kier alpha value is -1.23. The number of sulfonamides is 1. The van der Waals surface area contributed by atoms with Gasteiger partial charge in [-0.25, -0.2) is 8.42 Å². The van der Waals surface area contributed by atoms with E-state index in [-0.39, 0.29) is 11.7 Å². The SMILES string of the molecule is Cc1ccc(N)c(NS(=O)(=O)CC(C)C)c1. The maximum atomic E-state index is 11.7. The second-order valence-corrected chi connectivity index (χ2v) is 6.13. The normalized spacial score (nSPS) is 11.8. The van der Waals surface area contributed by atoms with Crippen LogP contribution in [-0.2, 0) is 10.0 Å². The van der Waals surface area contributed by atoms with Gasteiger partial charge in [-0.2, -0.15) is 0 Å². The van der Waals surface area contributed by atoms with Gasteiger partial charge in [-0.15, -0.1) is 0 Å². The van der Waals surface area contributed by atoms with E-state index < -0.39 is 10.0 Å². The summed E-state index contributed by atoms with van der Waals surface area (Å²) in [6.07, 6.45) is 0. The number of rotatable bonds is 4. The molecule has 0 unspecified atom stereocenters. The lowest BCUT2D eigenvalue weighted by molar-refractivity contribution is 0.587. The highest BCUT2D eigenvalue weighted by Gasteiger charge is 2.14. The Kier molecular flexibility index (Phi) is 3.80. The van der Waals surface area contributed by atoms with Crippen molar-refractivity contribution >= 4 is 21.4 Å². The summed E-state index contributed by atoms with van der Waals surface area (Å²) in [5.41, 5.74) is 7.57. The number of nitrogen functional groups attached to an aromatic ring is 1. The summed E-state index contributed by atoms with van der Waals surface area (Å²) in [5, 5.41) is 0. The molecular formula is C11H18N2O2S. The summed E-state index contributed by atoms with van der Waals surface area (Å²) in [7, 11) is -3.30. The Balaban J connectivity index is 2.92. The number of benzene rings is 1. The lowest BCUT2D eigenvalue weighted by atomic mass is 10.2. The summed E-state index contributed by atoms with van der Waals surface area (Å²) in [6, 6.07) is 5.27. The summed E-state index contributed by atoms with van der Waals surface area (Å²) in [6.45, 7) is 5.61. The van der Waals surface area contributed by atoms with Crippen LogP contribution >= 0.6 is 0 Å². The Morgan fingerprint density at radius 3 is 2.56 bits per heavy atom. The molecule has 0 amide bonds. The zero-order chi connectivity index (χ0) is 12.3. The van der Waals surface area contributed by atoms with Crippen molar-refractivity contribution in [1.82, 2.24) is 0 Å². The average Bonchev–Trinajstić information content (AvgIpc) is 2.08. The standard InChI is InChI=1S/C11H18N2O2S/c1-8(2)7-16(14,15)13-11-6-9(3)4-5-10(11)12/h4-6,8,13H,7,12H2,1-3H3. The van der Waals surface area contributed by atoms with Gasteiger partial charge in [0.2, 0.25) is 10.0 Å². The second kappa shape index (κ2) is 4.74. The van der Waals surface area contributed by atoms with E-state index in [1.807, 2.05) is 26.8 Å². The molecule has 0 aliphatic heterocycles. The minimum atomic E-state index is -3.30. The van der Waals surface area contributed by atoms with Crippen LogP contribution < -0.4 is 10.5 Å². The second-order valence-electron chi connectivity index (χ2n) is 4.37. The van der Waals surface area contributed by atoms with Crippen LogP contribution in [0.3, 0.4) is 0 Å². The molecule has 90 valence electrons. The van der Waals surface area contributed by atoms with Crippen LogP contribution in [0, 0.1) is 12.8 Å². The largest absolute Gasteiger partial charge is 0.397 e. The van der Waals surface area contributed by atoms with E-state index in [4.69, 9.17) is 5.73 Å². The molecule has 0 radical (unpaired) electrons. The molecule has 0 aromatic heterocycles. The maximum absolute atomic E-state index is 11.7. The smallest absolute Gasteiger partial charge is 0.233 e. The zero-order valence-electron chi connectivity index (χ0n) is 9.82. The van der Waals surface area contributed by atoms with Crippen molar-refractivity contribution in [3.8, 4) is 0 Å². The van der Waals surface area contributed by atoms with Crippen LogP contribution in [0.2, 0.25) is 0 Å². The Bertz CT molecular complexity index is 467. The first-order valence-corrected chi connectivity index (χ1v) is 6.82. The lowest BCUT2D eigenvalue weighted by Crippen LogP contribution is -2.20. The number of hydrogen-bond acceptors (Lipinski definition) is 3. The molecule has 0 bridgehead atoms. The lowest BCUT2D eigenvalue weighted by Gasteiger charge is -2.12. The van der Waals surface area contributed by atoms with Crippen molar-refractivity contribution in [3.05, 3.63) is 23.8 Å². The molecule has 0 fully saturated rings. The highest BCUT2D eigenvalue weighted by atomic mass is 32.2. The van der Waals surface area contributed by atoms with Gasteiger partial charge in [-0.05, 0) is 30.5 Å². The first-order valence-electron chi connectivity index (χ1n) is 5.17. The fourth-order valence-corrected chi connectivity index (χ4v) is 2.88. The molecule has 0 aliphatic carbocycles. The first-order chi connectivity index (χ1) is 7.30. The third kappa shape index (κ3) is 3.73. The molecule has 4 nitrogen and oxygen atoms in total. The molecule has 0 heterocycles. The van der Waals surface area contributed by atoms with E-state index in [1.54, 1.807) is 12.1 Å². The molecular weight excluding hydrogens is 224 g/mol. The molecule has 0 aliphatic rings. The van der Waals surface area contributed by atoms with Gasteiger partial charge in [0.15, 0.2) is 0 Å². The van der Waals surface area contributed by atoms with Gasteiger partial charge >= 0.3 is 0 Å². The van der Waals surface area contributed by atoms with Gasteiger partial charge in [0.25, 0.3) is 0 Å². The summed E-state index contributed by atoms with van der Waals surface area (Å²) < 4.78 is 25.9. The molecule has 0 atom stereocenters. The number of nitrogens with one attached hydrogen (secondary N) is 1. The van der Waals surface area contributed by atoms with Crippen LogP contribution in [0.25, 0.3) is 0 Å². The van der Waals surface area contributed by atoms with Crippen molar-refractivity contribution in [1.29, 1.82) is 0 Å². The molecule has 0 spiro atoms. The maximum Gasteiger partial charge on any atom is 0.233 e. The van der Waals surface area contributed by atoms with Crippen molar-refractivity contribution in [2.24, 2.45) is 5.92 Å². The quantitative estimate of drug-likeness (QED) is 0.793. The van der Waals surface area contributed by atoms with Gasteiger partial charge in [-0.3, -0.25) is 4.72 Å². The zero-order valence-corrected chi connectivity index (χ0v) is 10.6. The Morgan fingerprint density at radius 1 is 1.38 bits per heavy atom. The predicted molar refractivity (Wildman–Crippen MR) is 67.8 cm³/mol. The first kappa shape index (κ1) is 12.8. The van der Waals surface area contributed by atoms with Crippen molar-refractivity contribution < 1.29 is 8.42 Å². The predicted octanol–water partition coefficient (Wildman–Crippen LogP) is 1.97. The van der Waals surface area contributed by atoms with E-state index in [0.29, 0.717) is 11.4 Å². The number of anilines is 2. The van der Waals surface area contributed by atoms with Gasteiger partial charge in [0.1, 0.15) is 0 Å². The van der Waals surface area contributed by atoms with E-state index >= 15 is 0 Å². The molecule has 1 aromatic rings. The minimum Gasteiger partial charge on any atom is -0.397 e. The van der Waals surface area contributed by atoms with Crippen LogP contribution in [0.4, 0.5) is 11.4 Å². The van der Waals surface area contributed by atoms with Gasteiger partial charge in [0.05, 0.1) is 17.1 Å². The highest BCUT2D eigenvalue weighted by molar-refractivity contribution is 7.92. The fraction of sp³-hybridized carbons (Fsp3) is 0.455.